The van der Waals surface area contributed by atoms with Gasteiger partial charge in [-0.1, -0.05) is 60.7 Å². The number of nitrogens with zero attached hydrogens (tertiary/aromatic N) is 3. The van der Waals surface area contributed by atoms with Crippen LogP contribution in [0.1, 0.15) is 28.9 Å². The highest BCUT2D eigenvalue weighted by molar-refractivity contribution is 5.97. The standard InChI is InChI=1S/C24H23N5O/c25-24(19-9-5-2-6-10-19)11-13-29(14-12-24)23(30)20-15-18-16-26-21(28-22(18)27-20)17-7-3-1-4-8-17/h1-10,15-16H,11-14,25H2,(H,26,27,28). The molecular formula is C24H23N5O. The first-order chi connectivity index (χ1) is 14.6. The number of likely N-dealkylation sites (tertiary alicyclic amines) is 1. The van der Waals surface area contributed by atoms with Gasteiger partial charge in [0, 0.05) is 35.8 Å². The fourth-order valence-corrected chi connectivity index (χ4v) is 4.10. The molecule has 150 valence electrons. The second kappa shape index (κ2) is 7.39. The Morgan fingerprint density at radius 2 is 1.67 bits per heavy atom. The second-order valence-corrected chi connectivity index (χ2v) is 7.86. The van der Waals surface area contributed by atoms with Crippen LogP contribution in [0, 0.1) is 0 Å². The van der Waals surface area contributed by atoms with Crippen molar-refractivity contribution in [2.75, 3.05) is 13.1 Å². The number of carbonyl (C=O) groups excluding carboxylic acids is 1. The number of hydrogen-bond donors (Lipinski definition) is 2. The Balaban J connectivity index is 1.34. The van der Waals surface area contributed by atoms with E-state index in [1.807, 2.05) is 59.5 Å². The normalized spacial score (nSPS) is 16.0. The summed E-state index contributed by atoms with van der Waals surface area (Å²) in [6, 6.07) is 21.8. The van der Waals surface area contributed by atoms with E-state index in [-0.39, 0.29) is 11.4 Å². The summed E-state index contributed by atoms with van der Waals surface area (Å²) in [5.74, 6) is 0.613. The number of H-pyrrole nitrogens is 1. The summed E-state index contributed by atoms with van der Waals surface area (Å²) < 4.78 is 0. The van der Waals surface area contributed by atoms with Gasteiger partial charge in [-0.2, -0.15) is 0 Å². The van der Waals surface area contributed by atoms with E-state index in [0.29, 0.717) is 30.3 Å². The van der Waals surface area contributed by atoms with Crippen molar-refractivity contribution >= 4 is 16.9 Å². The molecule has 0 bridgehead atoms. The molecule has 2 aromatic heterocycles. The van der Waals surface area contributed by atoms with E-state index < -0.39 is 0 Å². The number of fused-ring (bicyclic) bond motifs is 1. The van der Waals surface area contributed by atoms with Gasteiger partial charge < -0.3 is 15.6 Å². The van der Waals surface area contributed by atoms with Gasteiger partial charge in [0.1, 0.15) is 11.3 Å². The SMILES string of the molecule is NC1(c2ccccc2)CCN(C(=O)c2cc3cnc(-c4ccccc4)nc3[nH]2)CC1. The topological polar surface area (TPSA) is 87.9 Å². The van der Waals surface area contributed by atoms with Crippen molar-refractivity contribution in [3.05, 3.63) is 84.2 Å². The summed E-state index contributed by atoms with van der Waals surface area (Å²) >= 11 is 0. The Morgan fingerprint density at radius 1 is 1.00 bits per heavy atom. The fraction of sp³-hybridized carbons (Fsp3) is 0.208. The molecule has 5 rings (SSSR count). The van der Waals surface area contributed by atoms with Crippen molar-refractivity contribution in [3.8, 4) is 11.4 Å². The molecule has 6 nitrogen and oxygen atoms in total. The van der Waals surface area contributed by atoms with E-state index in [0.717, 1.165) is 29.4 Å². The van der Waals surface area contributed by atoms with Crippen molar-refractivity contribution in [2.24, 2.45) is 5.73 Å². The number of nitrogens with one attached hydrogen (secondary N) is 1. The van der Waals surface area contributed by atoms with E-state index in [1.165, 1.54) is 0 Å². The summed E-state index contributed by atoms with van der Waals surface area (Å²) in [6.07, 6.45) is 3.23. The summed E-state index contributed by atoms with van der Waals surface area (Å²) in [5, 5.41) is 0.826. The van der Waals surface area contributed by atoms with Crippen LogP contribution in [0.4, 0.5) is 0 Å². The van der Waals surface area contributed by atoms with Crippen LogP contribution in [0.25, 0.3) is 22.4 Å². The fourth-order valence-electron chi connectivity index (χ4n) is 4.10. The number of aromatic nitrogens is 3. The molecule has 1 aliphatic rings. The van der Waals surface area contributed by atoms with Crippen LogP contribution in [0.5, 0.6) is 0 Å². The number of rotatable bonds is 3. The van der Waals surface area contributed by atoms with Crippen LogP contribution in [0.2, 0.25) is 0 Å². The number of benzene rings is 2. The third-order valence-electron chi connectivity index (χ3n) is 5.92. The molecule has 0 unspecified atom stereocenters. The number of amides is 1. The van der Waals surface area contributed by atoms with Crippen molar-refractivity contribution in [1.82, 2.24) is 19.9 Å². The third-order valence-corrected chi connectivity index (χ3v) is 5.92. The minimum Gasteiger partial charge on any atom is -0.337 e. The van der Waals surface area contributed by atoms with Gasteiger partial charge in [-0.25, -0.2) is 9.97 Å². The maximum Gasteiger partial charge on any atom is 0.270 e. The molecule has 1 amide bonds. The Bertz CT molecular complexity index is 1180. The molecule has 6 heteroatoms. The molecule has 0 radical (unpaired) electrons. The molecule has 1 saturated heterocycles. The predicted molar refractivity (Wildman–Crippen MR) is 117 cm³/mol. The number of carbonyl (C=O) groups is 1. The first-order valence-electron chi connectivity index (χ1n) is 10.2. The Kier molecular flexibility index (Phi) is 4.56. The number of aromatic amines is 1. The number of nitrogens with two attached hydrogens (primary N) is 1. The largest absolute Gasteiger partial charge is 0.337 e. The van der Waals surface area contributed by atoms with E-state index in [4.69, 9.17) is 5.73 Å². The Labute approximate surface area is 174 Å². The molecule has 0 spiro atoms. The molecule has 0 aliphatic carbocycles. The third kappa shape index (κ3) is 3.35. The molecule has 30 heavy (non-hydrogen) atoms. The monoisotopic (exact) mass is 397 g/mol. The summed E-state index contributed by atoms with van der Waals surface area (Å²) in [6.45, 7) is 1.25. The number of piperidine rings is 1. The van der Waals surface area contributed by atoms with Crippen LogP contribution < -0.4 is 5.73 Å². The zero-order chi connectivity index (χ0) is 20.6. The van der Waals surface area contributed by atoms with Gasteiger partial charge >= 0.3 is 0 Å². The van der Waals surface area contributed by atoms with Crippen molar-refractivity contribution in [2.45, 2.75) is 18.4 Å². The average Bonchev–Trinajstić information content (AvgIpc) is 3.24. The summed E-state index contributed by atoms with van der Waals surface area (Å²) in [5.41, 5.74) is 9.55. The molecule has 4 aromatic rings. The van der Waals surface area contributed by atoms with Crippen LogP contribution in [-0.4, -0.2) is 38.8 Å². The maximum atomic E-state index is 13.1. The molecule has 0 atom stereocenters. The Morgan fingerprint density at radius 3 is 2.37 bits per heavy atom. The average molecular weight is 397 g/mol. The van der Waals surface area contributed by atoms with Gasteiger partial charge in [0.25, 0.3) is 5.91 Å². The minimum absolute atomic E-state index is 0.0237. The molecule has 2 aromatic carbocycles. The molecular weight excluding hydrogens is 374 g/mol. The van der Waals surface area contributed by atoms with Gasteiger partial charge in [0.15, 0.2) is 5.82 Å². The Hall–Kier alpha value is -3.51. The molecule has 1 aliphatic heterocycles. The molecule has 0 saturated carbocycles. The lowest BCUT2D eigenvalue weighted by Gasteiger charge is -2.39. The molecule has 3 N–H and O–H groups in total. The molecule has 3 heterocycles. The zero-order valence-electron chi connectivity index (χ0n) is 16.6. The summed E-state index contributed by atoms with van der Waals surface area (Å²) in [4.78, 5) is 27.2. The van der Waals surface area contributed by atoms with Crippen molar-refractivity contribution < 1.29 is 4.79 Å². The van der Waals surface area contributed by atoms with Gasteiger partial charge in [0.2, 0.25) is 0 Å². The lowest BCUT2D eigenvalue weighted by molar-refractivity contribution is 0.0664. The van der Waals surface area contributed by atoms with Crippen LogP contribution in [0.3, 0.4) is 0 Å². The van der Waals surface area contributed by atoms with Gasteiger partial charge in [-0.15, -0.1) is 0 Å². The van der Waals surface area contributed by atoms with Gasteiger partial charge in [0.05, 0.1) is 0 Å². The van der Waals surface area contributed by atoms with Gasteiger partial charge in [-0.05, 0) is 24.5 Å². The van der Waals surface area contributed by atoms with Crippen LogP contribution in [0.15, 0.2) is 72.9 Å². The zero-order valence-corrected chi connectivity index (χ0v) is 16.6. The highest BCUT2D eigenvalue weighted by atomic mass is 16.2. The van der Waals surface area contributed by atoms with Crippen LogP contribution >= 0.6 is 0 Å². The number of hydrogen-bond acceptors (Lipinski definition) is 4. The summed E-state index contributed by atoms with van der Waals surface area (Å²) in [7, 11) is 0. The van der Waals surface area contributed by atoms with E-state index in [1.54, 1.807) is 6.20 Å². The lowest BCUT2D eigenvalue weighted by Crippen LogP contribution is -2.49. The first kappa shape index (κ1) is 18.5. The van der Waals surface area contributed by atoms with E-state index >= 15 is 0 Å². The van der Waals surface area contributed by atoms with Crippen LogP contribution in [-0.2, 0) is 5.54 Å². The minimum atomic E-state index is -0.380. The highest BCUT2D eigenvalue weighted by Gasteiger charge is 2.34. The van der Waals surface area contributed by atoms with Crippen molar-refractivity contribution in [3.63, 3.8) is 0 Å². The van der Waals surface area contributed by atoms with E-state index in [2.05, 4.69) is 27.1 Å². The van der Waals surface area contributed by atoms with E-state index in [9.17, 15) is 4.79 Å². The smallest absolute Gasteiger partial charge is 0.270 e. The first-order valence-corrected chi connectivity index (χ1v) is 10.2. The second-order valence-electron chi connectivity index (χ2n) is 7.86. The predicted octanol–water partition coefficient (Wildman–Crippen LogP) is 3.72. The van der Waals surface area contributed by atoms with Gasteiger partial charge in [-0.3, -0.25) is 4.79 Å². The molecule has 1 fully saturated rings. The lowest BCUT2D eigenvalue weighted by atomic mass is 9.82. The van der Waals surface area contributed by atoms with Crippen molar-refractivity contribution in [1.29, 1.82) is 0 Å². The quantitative estimate of drug-likeness (QED) is 0.552. The maximum absolute atomic E-state index is 13.1. The highest BCUT2D eigenvalue weighted by Crippen LogP contribution is 2.31.